The minimum absolute atomic E-state index is 0.00415. The molecule has 1 rings (SSSR count). The van der Waals surface area contributed by atoms with E-state index in [9.17, 15) is 8.78 Å². The summed E-state index contributed by atoms with van der Waals surface area (Å²) in [4.78, 5) is 0. The van der Waals surface area contributed by atoms with Gasteiger partial charge in [0.2, 0.25) is 0 Å². The second-order valence-electron chi connectivity index (χ2n) is 3.91. The highest BCUT2D eigenvalue weighted by Crippen LogP contribution is 2.20. The number of halogens is 2. The van der Waals surface area contributed by atoms with Gasteiger partial charge >= 0.3 is 0 Å². The summed E-state index contributed by atoms with van der Waals surface area (Å²) in [5, 5.41) is 11.3. The normalized spacial score (nSPS) is 10.1. The summed E-state index contributed by atoms with van der Waals surface area (Å²) in [5.41, 5.74) is -0.144. The Kier molecular flexibility index (Phi) is 6.51. The molecule has 0 bridgehead atoms. The van der Waals surface area contributed by atoms with Gasteiger partial charge in [0.15, 0.2) is 11.6 Å². The second-order valence-corrected chi connectivity index (χ2v) is 4.89. The van der Waals surface area contributed by atoms with E-state index in [1.807, 2.05) is 0 Å². The maximum Gasteiger partial charge on any atom is 0.150 e. The number of hydrogen-bond acceptors (Lipinski definition) is 3. The van der Waals surface area contributed by atoms with E-state index in [1.165, 1.54) is 0 Å². The van der Waals surface area contributed by atoms with E-state index in [2.05, 4.69) is 11.6 Å². The fourth-order valence-corrected chi connectivity index (χ4v) is 2.06. The molecule has 1 N–H and O–H groups in total. The fraction of sp³-hybridized carbons (Fsp3) is 0.462. The van der Waals surface area contributed by atoms with E-state index in [0.29, 0.717) is 6.54 Å². The average molecular weight is 270 g/mol. The van der Waals surface area contributed by atoms with Crippen LogP contribution in [0.15, 0.2) is 12.1 Å². The van der Waals surface area contributed by atoms with Crippen LogP contribution in [0.2, 0.25) is 0 Å². The van der Waals surface area contributed by atoms with Crippen molar-refractivity contribution in [3.05, 3.63) is 29.3 Å². The number of benzene rings is 1. The average Bonchev–Trinajstić information content (AvgIpc) is 2.35. The molecule has 1 aromatic rings. The molecule has 0 saturated carbocycles. The van der Waals surface area contributed by atoms with Gasteiger partial charge in [-0.05, 0) is 37.0 Å². The van der Waals surface area contributed by atoms with Crippen LogP contribution in [0.4, 0.5) is 14.5 Å². The van der Waals surface area contributed by atoms with Gasteiger partial charge in [-0.1, -0.05) is 6.42 Å². The van der Waals surface area contributed by atoms with Gasteiger partial charge in [-0.2, -0.15) is 17.0 Å². The Balaban J connectivity index is 2.45. The summed E-state index contributed by atoms with van der Waals surface area (Å²) < 4.78 is 26.9. The predicted molar refractivity (Wildman–Crippen MR) is 71.8 cm³/mol. The van der Waals surface area contributed by atoms with Crippen LogP contribution in [-0.2, 0) is 0 Å². The highest BCUT2D eigenvalue weighted by atomic mass is 32.2. The number of nitriles is 1. The van der Waals surface area contributed by atoms with Crippen LogP contribution in [-0.4, -0.2) is 18.6 Å². The number of nitrogens with one attached hydrogen (secondary N) is 1. The maximum atomic E-state index is 13.5. The monoisotopic (exact) mass is 270 g/mol. The molecule has 0 aliphatic rings. The Morgan fingerprint density at radius 2 is 1.89 bits per heavy atom. The van der Waals surface area contributed by atoms with Crippen molar-refractivity contribution in [3.63, 3.8) is 0 Å². The number of hydrogen-bond donors (Lipinski definition) is 1. The van der Waals surface area contributed by atoms with E-state index in [0.717, 1.165) is 37.1 Å². The molecule has 98 valence electrons. The summed E-state index contributed by atoms with van der Waals surface area (Å²) in [6.07, 6.45) is 5.08. The Morgan fingerprint density at radius 1 is 1.22 bits per heavy atom. The van der Waals surface area contributed by atoms with Crippen LogP contribution in [0.25, 0.3) is 0 Å². The summed E-state index contributed by atoms with van der Waals surface area (Å²) in [6.45, 7) is 0.536. The first-order valence-corrected chi connectivity index (χ1v) is 7.20. The lowest BCUT2D eigenvalue weighted by atomic mass is 10.2. The summed E-state index contributed by atoms with van der Waals surface area (Å²) in [5.74, 6) is -0.314. The van der Waals surface area contributed by atoms with Crippen LogP contribution in [0.5, 0.6) is 0 Å². The molecule has 0 heterocycles. The molecule has 0 saturated heterocycles. The molecule has 18 heavy (non-hydrogen) atoms. The van der Waals surface area contributed by atoms with Crippen molar-refractivity contribution in [2.75, 3.05) is 23.9 Å². The van der Waals surface area contributed by atoms with E-state index in [4.69, 9.17) is 5.26 Å². The van der Waals surface area contributed by atoms with Gasteiger partial charge in [0, 0.05) is 6.54 Å². The largest absolute Gasteiger partial charge is 0.380 e. The van der Waals surface area contributed by atoms with Crippen molar-refractivity contribution in [1.82, 2.24) is 0 Å². The molecule has 0 aromatic heterocycles. The van der Waals surface area contributed by atoms with Gasteiger partial charge in [0.1, 0.15) is 5.69 Å². The zero-order chi connectivity index (χ0) is 13.4. The Bertz CT molecular complexity index is 406. The third kappa shape index (κ3) is 4.53. The summed E-state index contributed by atoms with van der Waals surface area (Å²) in [7, 11) is 0. The highest BCUT2D eigenvalue weighted by Gasteiger charge is 2.10. The number of rotatable bonds is 7. The first-order chi connectivity index (χ1) is 8.69. The smallest absolute Gasteiger partial charge is 0.150 e. The maximum absolute atomic E-state index is 13.5. The van der Waals surface area contributed by atoms with Crippen molar-refractivity contribution in [2.45, 2.75) is 19.3 Å². The summed E-state index contributed by atoms with van der Waals surface area (Å²) in [6, 6.07) is 3.80. The van der Waals surface area contributed by atoms with Crippen molar-refractivity contribution in [3.8, 4) is 6.07 Å². The van der Waals surface area contributed by atoms with Crippen LogP contribution in [0.1, 0.15) is 24.8 Å². The molecule has 5 heteroatoms. The Labute approximate surface area is 110 Å². The molecule has 0 aliphatic heterocycles. The number of unbranched alkanes of at least 4 members (excludes halogenated alkanes) is 2. The Hall–Kier alpha value is -1.28. The topological polar surface area (TPSA) is 35.8 Å². The van der Waals surface area contributed by atoms with Gasteiger partial charge < -0.3 is 5.32 Å². The molecule has 0 amide bonds. The fourth-order valence-electron chi connectivity index (χ4n) is 1.57. The van der Waals surface area contributed by atoms with Gasteiger partial charge in [-0.15, -0.1) is 0 Å². The van der Waals surface area contributed by atoms with Gasteiger partial charge in [0.25, 0.3) is 0 Å². The number of anilines is 1. The van der Waals surface area contributed by atoms with Crippen LogP contribution in [0.3, 0.4) is 0 Å². The highest BCUT2D eigenvalue weighted by molar-refractivity contribution is 7.98. The van der Waals surface area contributed by atoms with E-state index in [1.54, 1.807) is 17.8 Å². The van der Waals surface area contributed by atoms with Crippen molar-refractivity contribution >= 4 is 17.4 Å². The van der Waals surface area contributed by atoms with Crippen LogP contribution in [0, 0.1) is 23.0 Å². The quantitative estimate of drug-likeness (QED) is 0.766. The second kappa shape index (κ2) is 7.93. The molecule has 0 aliphatic carbocycles. The lowest BCUT2D eigenvalue weighted by Gasteiger charge is -2.08. The molecule has 0 unspecified atom stereocenters. The third-order valence-electron chi connectivity index (χ3n) is 2.50. The minimum atomic E-state index is -0.712. The Morgan fingerprint density at radius 3 is 2.44 bits per heavy atom. The molecule has 0 atom stereocenters. The van der Waals surface area contributed by atoms with E-state index < -0.39 is 11.6 Å². The molecule has 1 aromatic carbocycles. The molecule has 0 fully saturated rings. The zero-order valence-electron chi connectivity index (χ0n) is 10.3. The van der Waals surface area contributed by atoms with Gasteiger partial charge in [-0.3, -0.25) is 0 Å². The van der Waals surface area contributed by atoms with Crippen LogP contribution >= 0.6 is 11.8 Å². The first kappa shape index (κ1) is 14.8. The molecule has 0 spiro atoms. The van der Waals surface area contributed by atoms with E-state index >= 15 is 0 Å². The lowest BCUT2D eigenvalue weighted by molar-refractivity contribution is 0.586. The summed E-state index contributed by atoms with van der Waals surface area (Å²) >= 11 is 1.79. The van der Waals surface area contributed by atoms with Crippen molar-refractivity contribution in [1.29, 1.82) is 5.26 Å². The van der Waals surface area contributed by atoms with Gasteiger partial charge in [-0.25, -0.2) is 8.78 Å². The number of nitrogens with zero attached hydrogens (tertiary/aromatic N) is 1. The molecule has 0 radical (unpaired) electrons. The predicted octanol–water partition coefficient (Wildman–Crippen LogP) is 3.78. The first-order valence-electron chi connectivity index (χ1n) is 5.81. The molecular formula is C13H16F2N2S. The van der Waals surface area contributed by atoms with Crippen molar-refractivity contribution in [2.24, 2.45) is 0 Å². The standard InChI is InChI=1S/C13H16F2N2S/c1-18-6-4-2-3-5-17-13-11(14)7-10(9-16)8-12(13)15/h7-8,17H,2-6H2,1H3. The zero-order valence-corrected chi connectivity index (χ0v) is 11.1. The number of thioether (sulfide) groups is 1. The molecular weight excluding hydrogens is 254 g/mol. The van der Waals surface area contributed by atoms with Gasteiger partial charge in [0.05, 0.1) is 11.6 Å². The minimum Gasteiger partial charge on any atom is -0.380 e. The van der Waals surface area contributed by atoms with Crippen LogP contribution < -0.4 is 5.32 Å². The van der Waals surface area contributed by atoms with Crippen molar-refractivity contribution < 1.29 is 8.78 Å². The lowest BCUT2D eigenvalue weighted by Crippen LogP contribution is -2.06. The van der Waals surface area contributed by atoms with E-state index in [-0.39, 0.29) is 11.3 Å². The third-order valence-corrected chi connectivity index (χ3v) is 3.20. The molecule has 2 nitrogen and oxygen atoms in total. The SMILES string of the molecule is CSCCCCCNc1c(F)cc(C#N)cc1F.